The van der Waals surface area contributed by atoms with Crippen molar-refractivity contribution in [3.63, 3.8) is 0 Å². The van der Waals surface area contributed by atoms with E-state index in [2.05, 4.69) is 36.5 Å². The molecule has 0 aliphatic heterocycles. The standard InChI is InChI=1S/C29H35NO4S/c1-2-3-4-5-10-20-16-18-35-28(20)27(32)26(31)15-17-30-29(33)34-19-25-23-13-8-6-11-21(23)22-12-7-9-14-24(22)25/h6-9,11-14,16,18,25-27,31-32H,2-5,10,15,17,19H2,1H3,(H,30,33). The number of amides is 1. The van der Waals surface area contributed by atoms with Crippen molar-refractivity contribution < 1.29 is 19.7 Å². The van der Waals surface area contributed by atoms with Crippen LogP contribution in [0.5, 0.6) is 0 Å². The summed E-state index contributed by atoms with van der Waals surface area (Å²) in [5, 5.41) is 25.9. The SMILES string of the molecule is CCCCCCc1ccsc1C(O)C(O)CCNC(=O)OCC1c2ccccc2-c2ccccc21. The smallest absolute Gasteiger partial charge is 0.407 e. The van der Waals surface area contributed by atoms with Crippen LogP contribution in [-0.2, 0) is 11.2 Å². The molecular formula is C29H35NO4S. The van der Waals surface area contributed by atoms with E-state index in [9.17, 15) is 15.0 Å². The molecule has 1 aliphatic rings. The maximum absolute atomic E-state index is 12.4. The number of hydrogen-bond acceptors (Lipinski definition) is 5. The zero-order valence-corrected chi connectivity index (χ0v) is 21.1. The third-order valence-corrected chi connectivity index (χ3v) is 7.80. The summed E-state index contributed by atoms with van der Waals surface area (Å²) >= 11 is 1.48. The number of carbonyl (C=O) groups excluding carboxylic acids is 1. The molecule has 0 saturated heterocycles. The third kappa shape index (κ3) is 6.13. The average molecular weight is 494 g/mol. The van der Waals surface area contributed by atoms with E-state index in [-0.39, 0.29) is 25.5 Å². The Kier molecular flexibility index (Phi) is 8.96. The first-order chi connectivity index (χ1) is 17.1. The number of nitrogens with one attached hydrogen (secondary N) is 1. The molecule has 0 saturated carbocycles. The lowest BCUT2D eigenvalue weighted by atomic mass is 9.98. The van der Waals surface area contributed by atoms with Crippen LogP contribution in [0, 0.1) is 0 Å². The summed E-state index contributed by atoms with van der Waals surface area (Å²) in [6.45, 7) is 2.67. The van der Waals surface area contributed by atoms with Gasteiger partial charge in [0.15, 0.2) is 0 Å². The highest BCUT2D eigenvalue weighted by Crippen LogP contribution is 2.44. The fourth-order valence-electron chi connectivity index (χ4n) is 4.86. The number of hydrogen-bond donors (Lipinski definition) is 3. The Morgan fingerprint density at radius 2 is 1.69 bits per heavy atom. The number of aliphatic hydroxyl groups excluding tert-OH is 2. The highest BCUT2D eigenvalue weighted by atomic mass is 32.1. The van der Waals surface area contributed by atoms with Gasteiger partial charge in [-0.3, -0.25) is 0 Å². The summed E-state index contributed by atoms with van der Waals surface area (Å²) < 4.78 is 5.55. The molecule has 4 rings (SSSR count). The zero-order chi connectivity index (χ0) is 24.6. The van der Waals surface area contributed by atoms with E-state index < -0.39 is 18.3 Å². The molecule has 2 atom stereocenters. The molecule has 186 valence electrons. The summed E-state index contributed by atoms with van der Waals surface area (Å²) in [6.07, 6.45) is 3.43. The molecule has 35 heavy (non-hydrogen) atoms. The van der Waals surface area contributed by atoms with Crippen LogP contribution in [0.15, 0.2) is 60.0 Å². The molecule has 3 aromatic rings. The summed E-state index contributed by atoms with van der Waals surface area (Å²) in [5.41, 5.74) is 5.82. The van der Waals surface area contributed by atoms with E-state index in [0.717, 1.165) is 23.3 Å². The van der Waals surface area contributed by atoms with Crippen LogP contribution >= 0.6 is 11.3 Å². The number of benzene rings is 2. The van der Waals surface area contributed by atoms with Gasteiger partial charge in [-0.15, -0.1) is 11.3 Å². The first-order valence-electron chi connectivity index (χ1n) is 12.6. The molecule has 0 radical (unpaired) electrons. The van der Waals surface area contributed by atoms with Gasteiger partial charge < -0.3 is 20.3 Å². The Morgan fingerprint density at radius 1 is 1.00 bits per heavy atom. The fourth-order valence-corrected chi connectivity index (χ4v) is 5.86. The topological polar surface area (TPSA) is 78.8 Å². The van der Waals surface area contributed by atoms with Gasteiger partial charge in [0.25, 0.3) is 0 Å². The minimum Gasteiger partial charge on any atom is -0.449 e. The molecule has 1 aliphatic carbocycles. The Bertz CT molecular complexity index is 1070. The Morgan fingerprint density at radius 3 is 2.37 bits per heavy atom. The molecule has 1 amide bonds. The van der Waals surface area contributed by atoms with Crippen LogP contribution < -0.4 is 5.32 Å². The molecule has 0 fully saturated rings. The molecule has 2 aromatic carbocycles. The van der Waals surface area contributed by atoms with Crippen LogP contribution in [0.1, 0.15) is 72.6 Å². The van der Waals surface area contributed by atoms with Crippen molar-refractivity contribution in [2.24, 2.45) is 0 Å². The van der Waals surface area contributed by atoms with E-state index in [1.807, 2.05) is 35.7 Å². The summed E-state index contributed by atoms with van der Waals surface area (Å²) in [4.78, 5) is 13.2. The van der Waals surface area contributed by atoms with E-state index >= 15 is 0 Å². The predicted molar refractivity (Wildman–Crippen MR) is 141 cm³/mol. The van der Waals surface area contributed by atoms with Gasteiger partial charge in [0.2, 0.25) is 0 Å². The van der Waals surface area contributed by atoms with E-state index in [1.165, 1.54) is 52.9 Å². The quantitative estimate of drug-likeness (QED) is 0.263. The molecule has 6 heteroatoms. The van der Waals surface area contributed by atoms with Crippen molar-refractivity contribution >= 4 is 17.4 Å². The minimum absolute atomic E-state index is 0.00939. The number of ether oxygens (including phenoxy) is 1. The maximum atomic E-state index is 12.4. The number of thiophene rings is 1. The molecule has 0 spiro atoms. The number of carbonyl (C=O) groups is 1. The lowest BCUT2D eigenvalue weighted by molar-refractivity contribution is 0.0153. The van der Waals surface area contributed by atoms with Crippen molar-refractivity contribution in [3.8, 4) is 11.1 Å². The first-order valence-corrected chi connectivity index (χ1v) is 13.5. The monoisotopic (exact) mass is 493 g/mol. The van der Waals surface area contributed by atoms with Crippen LogP contribution in [0.3, 0.4) is 0 Å². The van der Waals surface area contributed by atoms with Crippen molar-refractivity contribution in [1.29, 1.82) is 0 Å². The normalized spacial score (nSPS) is 14.3. The highest BCUT2D eigenvalue weighted by Gasteiger charge is 2.29. The number of fused-ring (bicyclic) bond motifs is 3. The van der Waals surface area contributed by atoms with Gasteiger partial charge in [0.05, 0.1) is 6.10 Å². The lowest BCUT2D eigenvalue weighted by Crippen LogP contribution is -2.30. The Labute approximate surface area is 211 Å². The number of aliphatic hydroxyl groups is 2. The second kappa shape index (κ2) is 12.3. The van der Waals surface area contributed by atoms with Gasteiger partial charge in [-0.1, -0.05) is 74.7 Å². The number of alkyl carbamates (subject to hydrolysis) is 1. The van der Waals surface area contributed by atoms with Gasteiger partial charge in [-0.2, -0.15) is 0 Å². The molecular weight excluding hydrogens is 458 g/mol. The summed E-state index contributed by atoms with van der Waals surface area (Å²) in [5.74, 6) is 0.00939. The number of unbranched alkanes of at least 4 members (excludes halogenated alkanes) is 3. The van der Waals surface area contributed by atoms with Crippen molar-refractivity contribution in [2.75, 3.05) is 13.2 Å². The first kappa shape index (κ1) is 25.4. The third-order valence-electron chi connectivity index (χ3n) is 6.77. The van der Waals surface area contributed by atoms with Gasteiger partial charge in [-0.05, 0) is 58.5 Å². The highest BCUT2D eigenvalue weighted by molar-refractivity contribution is 7.10. The second-order valence-corrected chi connectivity index (χ2v) is 10.1. The maximum Gasteiger partial charge on any atom is 0.407 e. The van der Waals surface area contributed by atoms with E-state index in [1.54, 1.807) is 0 Å². The summed E-state index contributed by atoms with van der Waals surface area (Å²) in [6, 6.07) is 18.5. The molecule has 3 N–H and O–H groups in total. The van der Waals surface area contributed by atoms with Crippen LogP contribution in [0.2, 0.25) is 0 Å². The van der Waals surface area contributed by atoms with E-state index in [0.29, 0.717) is 0 Å². The van der Waals surface area contributed by atoms with Gasteiger partial charge in [0, 0.05) is 17.3 Å². The predicted octanol–water partition coefficient (Wildman–Crippen LogP) is 6.19. The molecule has 2 unspecified atom stereocenters. The van der Waals surface area contributed by atoms with Gasteiger partial charge >= 0.3 is 6.09 Å². The Balaban J connectivity index is 1.23. The van der Waals surface area contributed by atoms with Crippen molar-refractivity contribution in [3.05, 3.63) is 81.5 Å². The summed E-state index contributed by atoms with van der Waals surface area (Å²) in [7, 11) is 0. The second-order valence-electron chi connectivity index (χ2n) is 9.17. The van der Waals surface area contributed by atoms with E-state index in [4.69, 9.17) is 4.74 Å². The van der Waals surface area contributed by atoms with Crippen molar-refractivity contribution in [1.82, 2.24) is 5.32 Å². The fraction of sp³-hybridized carbons (Fsp3) is 0.414. The van der Waals surface area contributed by atoms with Crippen LogP contribution in [-0.4, -0.2) is 35.6 Å². The minimum atomic E-state index is -0.947. The molecule has 1 heterocycles. The van der Waals surface area contributed by atoms with Gasteiger partial charge in [0.1, 0.15) is 12.7 Å². The van der Waals surface area contributed by atoms with Crippen LogP contribution in [0.25, 0.3) is 11.1 Å². The van der Waals surface area contributed by atoms with Gasteiger partial charge in [-0.25, -0.2) is 4.79 Å². The van der Waals surface area contributed by atoms with Crippen LogP contribution in [0.4, 0.5) is 4.79 Å². The number of rotatable bonds is 12. The zero-order valence-electron chi connectivity index (χ0n) is 20.3. The average Bonchev–Trinajstić information content (AvgIpc) is 3.47. The molecule has 0 bridgehead atoms. The Hall–Kier alpha value is -2.67. The lowest BCUT2D eigenvalue weighted by Gasteiger charge is -2.19. The van der Waals surface area contributed by atoms with Crippen molar-refractivity contribution in [2.45, 2.75) is 63.6 Å². The molecule has 5 nitrogen and oxygen atoms in total. The number of aryl methyl sites for hydroxylation is 1. The molecule has 1 aromatic heterocycles. The largest absolute Gasteiger partial charge is 0.449 e.